The summed E-state index contributed by atoms with van der Waals surface area (Å²) in [6.45, 7) is 4.03. The molecule has 0 bridgehead atoms. The van der Waals surface area contributed by atoms with Crippen LogP contribution < -0.4 is 15.4 Å². The number of amides is 1. The van der Waals surface area contributed by atoms with Crippen molar-refractivity contribution in [3.8, 4) is 5.75 Å². The Morgan fingerprint density at radius 2 is 2.04 bits per heavy atom. The van der Waals surface area contributed by atoms with E-state index in [-0.39, 0.29) is 5.91 Å². The standard InChI is InChI=1S/C18H25N5O2/c1-4-25-16-9-6-5-8-14(16)22-17-12-15(20-13-21-17)18(24)19-10-7-11-23(2)3/h5-6,8-9,12-13H,4,7,10-11H2,1-3H3,(H,19,24)(H,20,21,22). The third kappa shape index (κ3) is 6.04. The summed E-state index contributed by atoms with van der Waals surface area (Å²) in [6.07, 6.45) is 2.26. The monoisotopic (exact) mass is 343 g/mol. The summed E-state index contributed by atoms with van der Waals surface area (Å²) >= 11 is 0. The molecule has 7 heteroatoms. The van der Waals surface area contributed by atoms with Gasteiger partial charge in [0, 0.05) is 12.6 Å². The van der Waals surface area contributed by atoms with Crippen LogP contribution in [0, 0.1) is 0 Å². The van der Waals surface area contributed by atoms with Crippen molar-refractivity contribution in [2.45, 2.75) is 13.3 Å². The van der Waals surface area contributed by atoms with Crippen molar-refractivity contribution in [3.63, 3.8) is 0 Å². The molecule has 0 radical (unpaired) electrons. The molecule has 25 heavy (non-hydrogen) atoms. The van der Waals surface area contributed by atoms with E-state index in [4.69, 9.17) is 4.74 Å². The van der Waals surface area contributed by atoms with Crippen molar-refractivity contribution in [3.05, 3.63) is 42.4 Å². The van der Waals surface area contributed by atoms with E-state index in [1.54, 1.807) is 6.07 Å². The lowest BCUT2D eigenvalue weighted by Crippen LogP contribution is -2.27. The zero-order valence-corrected chi connectivity index (χ0v) is 15.0. The molecule has 0 saturated heterocycles. The zero-order chi connectivity index (χ0) is 18.1. The van der Waals surface area contributed by atoms with Gasteiger partial charge >= 0.3 is 0 Å². The van der Waals surface area contributed by atoms with E-state index in [0.29, 0.717) is 24.7 Å². The summed E-state index contributed by atoms with van der Waals surface area (Å²) in [5.41, 5.74) is 1.12. The third-order valence-corrected chi connectivity index (χ3v) is 3.42. The van der Waals surface area contributed by atoms with Gasteiger partial charge in [-0.3, -0.25) is 4.79 Å². The Hall–Kier alpha value is -2.67. The van der Waals surface area contributed by atoms with Gasteiger partial charge in [-0.25, -0.2) is 9.97 Å². The number of para-hydroxylation sites is 2. The fraction of sp³-hybridized carbons (Fsp3) is 0.389. The van der Waals surface area contributed by atoms with Crippen LogP contribution in [0.4, 0.5) is 11.5 Å². The summed E-state index contributed by atoms with van der Waals surface area (Å²) < 4.78 is 5.58. The summed E-state index contributed by atoms with van der Waals surface area (Å²) in [7, 11) is 4.01. The van der Waals surface area contributed by atoms with Crippen LogP contribution in [0.2, 0.25) is 0 Å². The van der Waals surface area contributed by atoms with Crippen LogP contribution in [0.3, 0.4) is 0 Å². The van der Waals surface area contributed by atoms with Crippen molar-refractivity contribution >= 4 is 17.4 Å². The van der Waals surface area contributed by atoms with Gasteiger partial charge in [-0.1, -0.05) is 12.1 Å². The molecule has 134 valence electrons. The summed E-state index contributed by atoms with van der Waals surface area (Å²) in [5.74, 6) is 1.07. The van der Waals surface area contributed by atoms with E-state index in [1.807, 2.05) is 45.3 Å². The summed E-state index contributed by atoms with van der Waals surface area (Å²) in [4.78, 5) is 22.5. The SMILES string of the molecule is CCOc1ccccc1Nc1cc(C(=O)NCCCN(C)C)ncn1. The lowest BCUT2D eigenvalue weighted by Gasteiger charge is -2.12. The minimum absolute atomic E-state index is 0.206. The molecule has 0 fully saturated rings. The van der Waals surface area contributed by atoms with E-state index in [9.17, 15) is 4.79 Å². The van der Waals surface area contributed by atoms with E-state index < -0.39 is 0 Å². The molecule has 0 aliphatic carbocycles. The number of ether oxygens (including phenoxy) is 1. The van der Waals surface area contributed by atoms with Gasteiger partial charge < -0.3 is 20.3 Å². The smallest absolute Gasteiger partial charge is 0.270 e. The molecule has 0 aliphatic rings. The first-order valence-electron chi connectivity index (χ1n) is 8.34. The second kappa shape index (κ2) is 9.58. The molecule has 0 atom stereocenters. The number of hydrogen-bond acceptors (Lipinski definition) is 6. The summed E-state index contributed by atoms with van der Waals surface area (Å²) in [6, 6.07) is 9.22. The number of carbonyl (C=O) groups excluding carboxylic acids is 1. The van der Waals surface area contributed by atoms with Crippen LogP contribution in [-0.4, -0.2) is 54.6 Å². The Kier molecular flexibility index (Phi) is 7.16. The highest BCUT2D eigenvalue weighted by Crippen LogP contribution is 2.26. The molecule has 2 aromatic rings. The molecule has 2 N–H and O–H groups in total. The molecule has 2 rings (SSSR count). The second-order valence-electron chi connectivity index (χ2n) is 5.76. The van der Waals surface area contributed by atoms with Gasteiger partial charge in [0.25, 0.3) is 5.91 Å². The lowest BCUT2D eigenvalue weighted by molar-refractivity contribution is 0.0947. The Bertz CT molecular complexity index is 691. The fourth-order valence-electron chi connectivity index (χ4n) is 2.23. The van der Waals surface area contributed by atoms with Crippen LogP contribution in [0.1, 0.15) is 23.8 Å². The molecule has 0 spiro atoms. The average Bonchev–Trinajstić information content (AvgIpc) is 2.60. The van der Waals surface area contributed by atoms with E-state index in [2.05, 4.69) is 25.5 Å². The van der Waals surface area contributed by atoms with Gasteiger partial charge in [-0.2, -0.15) is 0 Å². The molecule has 1 aromatic carbocycles. The predicted octanol–water partition coefficient (Wildman–Crippen LogP) is 2.30. The highest BCUT2D eigenvalue weighted by Gasteiger charge is 2.10. The molecule has 7 nitrogen and oxygen atoms in total. The topological polar surface area (TPSA) is 79.4 Å². The number of nitrogens with zero attached hydrogens (tertiary/aromatic N) is 3. The first kappa shape index (κ1) is 18.7. The normalized spacial score (nSPS) is 10.6. The van der Waals surface area contributed by atoms with E-state index in [0.717, 1.165) is 24.4 Å². The van der Waals surface area contributed by atoms with Gasteiger partial charge in [0.15, 0.2) is 0 Å². The highest BCUT2D eigenvalue weighted by atomic mass is 16.5. The third-order valence-electron chi connectivity index (χ3n) is 3.42. The van der Waals surface area contributed by atoms with E-state index >= 15 is 0 Å². The van der Waals surface area contributed by atoms with Crippen molar-refractivity contribution in [1.82, 2.24) is 20.2 Å². The van der Waals surface area contributed by atoms with Crippen LogP contribution in [-0.2, 0) is 0 Å². The number of benzene rings is 1. The molecule has 1 heterocycles. The quantitative estimate of drug-likeness (QED) is 0.680. The van der Waals surface area contributed by atoms with Crippen molar-refractivity contribution in [2.75, 3.05) is 39.1 Å². The fourth-order valence-corrected chi connectivity index (χ4v) is 2.23. The average molecular weight is 343 g/mol. The first-order chi connectivity index (χ1) is 12.1. The number of hydrogen-bond donors (Lipinski definition) is 2. The molecule has 0 unspecified atom stereocenters. The van der Waals surface area contributed by atoms with Crippen molar-refractivity contribution in [2.24, 2.45) is 0 Å². The maximum atomic E-state index is 12.2. The Morgan fingerprint density at radius 1 is 1.24 bits per heavy atom. The number of anilines is 2. The number of nitrogens with one attached hydrogen (secondary N) is 2. The Morgan fingerprint density at radius 3 is 2.80 bits per heavy atom. The minimum atomic E-state index is -0.206. The van der Waals surface area contributed by atoms with Crippen LogP contribution in [0.15, 0.2) is 36.7 Å². The summed E-state index contributed by atoms with van der Waals surface area (Å²) in [5, 5.41) is 6.04. The lowest BCUT2D eigenvalue weighted by atomic mass is 10.3. The van der Waals surface area contributed by atoms with Crippen LogP contribution in [0.5, 0.6) is 5.75 Å². The Labute approximate surface area is 148 Å². The molecular formula is C18H25N5O2. The number of rotatable bonds is 9. The zero-order valence-electron chi connectivity index (χ0n) is 15.0. The highest BCUT2D eigenvalue weighted by molar-refractivity contribution is 5.93. The van der Waals surface area contributed by atoms with Crippen molar-refractivity contribution < 1.29 is 9.53 Å². The second-order valence-corrected chi connectivity index (χ2v) is 5.76. The van der Waals surface area contributed by atoms with Gasteiger partial charge in [0.05, 0.1) is 12.3 Å². The van der Waals surface area contributed by atoms with Crippen LogP contribution in [0.25, 0.3) is 0 Å². The first-order valence-corrected chi connectivity index (χ1v) is 8.34. The maximum Gasteiger partial charge on any atom is 0.270 e. The van der Waals surface area contributed by atoms with Gasteiger partial charge in [-0.15, -0.1) is 0 Å². The molecule has 1 aromatic heterocycles. The van der Waals surface area contributed by atoms with E-state index in [1.165, 1.54) is 6.33 Å². The predicted molar refractivity (Wildman–Crippen MR) is 98.4 cm³/mol. The van der Waals surface area contributed by atoms with Gasteiger partial charge in [0.1, 0.15) is 23.6 Å². The maximum absolute atomic E-state index is 12.2. The molecule has 0 saturated carbocycles. The molecular weight excluding hydrogens is 318 g/mol. The number of carbonyl (C=O) groups is 1. The van der Waals surface area contributed by atoms with Gasteiger partial charge in [-0.05, 0) is 46.1 Å². The van der Waals surface area contributed by atoms with Crippen molar-refractivity contribution in [1.29, 1.82) is 0 Å². The molecule has 0 aliphatic heterocycles. The van der Waals surface area contributed by atoms with Gasteiger partial charge in [0.2, 0.25) is 0 Å². The minimum Gasteiger partial charge on any atom is -0.492 e. The van der Waals surface area contributed by atoms with Crippen LogP contribution >= 0.6 is 0 Å². The molecule has 1 amide bonds. The largest absolute Gasteiger partial charge is 0.492 e. The number of aromatic nitrogens is 2. The Balaban J connectivity index is 2.00.